The molecule has 4 atom stereocenters. The van der Waals surface area contributed by atoms with Crippen molar-refractivity contribution in [2.24, 2.45) is 33.8 Å². The van der Waals surface area contributed by atoms with Gasteiger partial charge < -0.3 is 44.0 Å². The molecule has 190 valence electrons. The Morgan fingerprint density at radius 3 is 2.06 bits per heavy atom. The monoisotopic (exact) mass is 472 g/mol. The van der Waals surface area contributed by atoms with Crippen molar-refractivity contribution in [3.05, 3.63) is 0 Å². The number of hydrogen-bond acceptors (Lipinski definition) is 7. The first-order chi connectivity index (χ1) is 15.5. The van der Waals surface area contributed by atoms with Gasteiger partial charge in [-0.15, -0.1) is 0 Å². The second kappa shape index (κ2) is 16.7. The first-order valence-electron chi connectivity index (χ1n) is 11.1. The van der Waals surface area contributed by atoms with Gasteiger partial charge in [-0.05, 0) is 44.6 Å². The number of aliphatic carboxylic acids is 1. The summed E-state index contributed by atoms with van der Waals surface area (Å²) >= 11 is 0. The molecule has 0 aromatic rings. The van der Waals surface area contributed by atoms with E-state index in [1.165, 1.54) is 0 Å². The maximum absolute atomic E-state index is 13.0. The van der Waals surface area contributed by atoms with Gasteiger partial charge in [-0.2, -0.15) is 0 Å². The van der Waals surface area contributed by atoms with Crippen molar-refractivity contribution in [1.82, 2.24) is 16.0 Å². The Balaban J connectivity index is 5.36. The number of nitrogens with two attached hydrogens (primary N) is 4. The molecular formula is C20H40N8O5. The zero-order chi connectivity index (χ0) is 25.4. The van der Waals surface area contributed by atoms with E-state index in [0.717, 1.165) is 0 Å². The Labute approximate surface area is 194 Å². The van der Waals surface area contributed by atoms with Crippen LogP contribution in [0.2, 0.25) is 0 Å². The minimum atomic E-state index is -1.22. The number of carbonyl (C=O) groups excluding carboxylic acids is 3. The van der Waals surface area contributed by atoms with Gasteiger partial charge in [0.1, 0.15) is 18.6 Å². The van der Waals surface area contributed by atoms with Gasteiger partial charge in [0.05, 0.1) is 6.04 Å². The lowest BCUT2D eigenvalue weighted by molar-refractivity contribution is -0.138. The lowest BCUT2D eigenvalue weighted by atomic mass is 9.98. The van der Waals surface area contributed by atoms with Gasteiger partial charge in [0.25, 0.3) is 0 Å². The first-order valence-corrected chi connectivity index (χ1v) is 11.1. The average Bonchev–Trinajstić information content (AvgIpc) is 2.77. The van der Waals surface area contributed by atoms with Crippen molar-refractivity contribution in [2.75, 3.05) is 19.6 Å². The molecular weight excluding hydrogens is 432 g/mol. The number of amides is 3. The van der Waals surface area contributed by atoms with Gasteiger partial charge in [0.2, 0.25) is 17.7 Å². The van der Waals surface area contributed by atoms with Crippen molar-refractivity contribution in [3.63, 3.8) is 0 Å². The third-order valence-electron chi connectivity index (χ3n) is 5.13. The van der Waals surface area contributed by atoms with Crippen molar-refractivity contribution >= 4 is 29.7 Å². The molecule has 13 nitrogen and oxygen atoms in total. The number of unbranched alkanes of at least 4 members (excludes halogenated alkanes) is 1. The molecule has 4 unspecified atom stereocenters. The third kappa shape index (κ3) is 13.3. The summed E-state index contributed by atoms with van der Waals surface area (Å²) in [5.41, 5.74) is 22.1. The van der Waals surface area contributed by atoms with Gasteiger partial charge in [0, 0.05) is 6.54 Å². The zero-order valence-electron chi connectivity index (χ0n) is 19.5. The maximum atomic E-state index is 13.0. The first kappa shape index (κ1) is 30.1. The lowest BCUT2D eigenvalue weighted by Crippen LogP contribution is -2.56. The van der Waals surface area contributed by atoms with E-state index >= 15 is 0 Å². The van der Waals surface area contributed by atoms with E-state index < -0.39 is 48.4 Å². The normalized spacial score (nSPS) is 14.3. The summed E-state index contributed by atoms with van der Waals surface area (Å²) in [5.74, 6) is -3.11. The van der Waals surface area contributed by atoms with E-state index in [1.807, 2.05) is 13.8 Å². The predicted octanol–water partition coefficient (Wildman–Crippen LogP) is -2.29. The second-order valence-corrected chi connectivity index (χ2v) is 7.88. The molecule has 33 heavy (non-hydrogen) atoms. The quantitative estimate of drug-likeness (QED) is 0.0644. The highest BCUT2D eigenvalue weighted by atomic mass is 16.4. The van der Waals surface area contributed by atoms with Gasteiger partial charge in [-0.25, -0.2) is 0 Å². The molecule has 0 aliphatic heterocycles. The number of carboxylic acids is 1. The minimum absolute atomic E-state index is 0.0807. The highest BCUT2D eigenvalue weighted by Gasteiger charge is 2.29. The number of rotatable bonds is 17. The highest BCUT2D eigenvalue weighted by molar-refractivity contribution is 5.93. The van der Waals surface area contributed by atoms with Crippen molar-refractivity contribution in [1.29, 1.82) is 0 Å². The Morgan fingerprint density at radius 2 is 1.52 bits per heavy atom. The Hall–Kier alpha value is -2.93. The molecule has 13 heteroatoms. The summed E-state index contributed by atoms with van der Waals surface area (Å²) in [6.45, 7) is 3.81. The number of carbonyl (C=O) groups is 4. The van der Waals surface area contributed by atoms with E-state index in [2.05, 4.69) is 20.9 Å². The fourth-order valence-corrected chi connectivity index (χ4v) is 2.87. The van der Waals surface area contributed by atoms with Crippen LogP contribution >= 0.6 is 0 Å². The van der Waals surface area contributed by atoms with Crippen molar-refractivity contribution in [3.8, 4) is 0 Å². The number of nitrogens with zero attached hydrogens (tertiary/aromatic N) is 1. The number of guanidine groups is 1. The van der Waals surface area contributed by atoms with Crippen LogP contribution in [-0.4, -0.2) is 72.5 Å². The molecule has 0 bridgehead atoms. The smallest absolute Gasteiger partial charge is 0.322 e. The molecule has 12 N–H and O–H groups in total. The summed E-state index contributed by atoms with van der Waals surface area (Å²) in [4.78, 5) is 52.6. The summed E-state index contributed by atoms with van der Waals surface area (Å²) in [6, 6.07) is -2.75. The summed E-state index contributed by atoms with van der Waals surface area (Å²) in [6.07, 6.45) is 2.74. The van der Waals surface area contributed by atoms with Crippen LogP contribution in [0, 0.1) is 5.92 Å². The van der Waals surface area contributed by atoms with Crippen molar-refractivity contribution in [2.45, 2.75) is 70.5 Å². The van der Waals surface area contributed by atoms with Crippen molar-refractivity contribution < 1.29 is 24.3 Å². The zero-order valence-corrected chi connectivity index (χ0v) is 19.5. The molecule has 0 saturated carbocycles. The van der Waals surface area contributed by atoms with Gasteiger partial charge in [-0.3, -0.25) is 24.2 Å². The average molecular weight is 473 g/mol. The molecule has 0 fully saturated rings. The number of hydrogen-bond donors (Lipinski definition) is 8. The molecule has 0 aromatic heterocycles. The van der Waals surface area contributed by atoms with Crippen LogP contribution in [0.1, 0.15) is 52.4 Å². The Morgan fingerprint density at radius 1 is 0.939 bits per heavy atom. The lowest BCUT2D eigenvalue weighted by Gasteiger charge is -2.25. The van der Waals surface area contributed by atoms with Crippen LogP contribution in [-0.2, 0) is 19.2 Å². The fourth-order valence-electron chi connectivity index (χ4n) is 2.87. The Kier molecular flexibility index (Phi) is 15.2. The fraction of sp³-hybridized carbons (Fsp3) is 0.750. The third-order valence-corrected chi connectivity index (χ3v) is 5.13. The molecule has 0 saturated heterocycles. The van der Waals surface area contributed by atoms with Gasteiger partial charge in [-0.1, -0.05) is 20.3 Å². The van der Waals surface area contributed by atoms with Gasteiger partial charge in [0.15, 0.2) is 5.96 Å². The minimum Gasteiger partial charge on any atom is -0.480 e. The molecule has 0 aromatic carbocycles. The second-order valence-electron chi connectivity index (χ2n) is 7.88. The molecule has 0 rings (SSSR count). The highest BCUT2D eigenvalue weighted by Crippen LogP contribution is 2.08. The van der Waals surface area contributed by atoms with Crippen LogP contribution in [0.3, 0.4) is 0 Å². The molecule has 0 aliphatic rings. The maximum Gasteiger partial charge on any atom is 0.322 e. The molecule has 0 heterocycles. The molecule has 0 spiro atoms. The number of carboxylic acid groups (broad SMARTS) is 1. The molecule has 3 amide bonds. The van der Waals surface area contributed by atoms with Crippen LogP contribution in [0.15, 0.2) is 4.99 Å². The molecule has 0 aliphatic carbocycles. The standard InChI is InChI=1S/C20H40N8O5/c1-3-12(2)16(22)19(33)28-14(7-4-5-9-21)18(32)27-13(8-6-10-25-20(23)24)17(31)26-11-15(29)30/h12-14,16H,3-11,21-22H2,1-2H3,(H,26,31)(H,27,32)(H,28,33)(H,29,30)(H4,23,24,25). The SMILES string of the molecule is CCC(C)C(N)C(=O)NC(CCCCN)C(=O)NC(CCCN=C(N)N)C(=O)NCC(=O)O. The van der Waals surface area contributed by atoms with Gasteiger partial charge >= 0.3 is 5.97 Å². The summed E-state index contributed by atoms with van der Waals surface area (Å²) in [5, 5.41) is 16.3. The van der Waals surface area contributed by atoms with Crippen LogP contribution in [0.4, 0.5) is 0 Å². The number of nitrogens with one attached hydrogen (secondary N) is 3. The summed E-state index contributed by atoms with van der Waals surface area (Å²) in [7, 11) is 0. The van der Waals surface area contributed by atoms with Crippen LogP contribution in [0.5, 0.6) is 0 Å². The van der Waals surface area contributed by atoms with Crippen LogP contribution in [0.25, 0.3) is 0 Å². The summed E-state index contributed by atoms with van der Waals surface area (Å²) < 4.78 is 0. The van der Waals surface area contributed by atoms with Crippen LogP contribution < -0.4 is 38.9 Å². The largest absolute Gasteiger partial charge is 0.480 e. The Bertz CT molecular complexity index is 669. The van der Waals surface area contributed by atoms with E-state index in [4.69, 9.17) is 28.0 Å². The predicted molar refractivity (Wildman–Crippen MR) is 125 cm³/mol. The molecule has 0 radical (unpaired) electrons. The van der Waals surface area contributed by atoms with E-state index in [1.54, 1.807) is 0 Å². The number of aliphatic imine (C=N–C) groups is 1. The van der Waals surface area contributed by atoms with E-state index in [9.17, 15) is 19.2 Å². The topological polar surface area (TPSA) is 241 Å². The van der Waals surface area contributed by atoms with E-state index in [0.29, 0.717) is 38.6 Å². The van der Waals surface area contributed by atoms with E-state index in [-0.39, 0.29) is 24.8 Å².